The SMILES string of the molecule is Nc1ncc(Br)cc1C(=O)NCc1ncon1. The maximum absolute atomic E-state index is 11.8. The summed E-state index contributed by atoms with van der Waals surface area (Å²) < 4.78 is 5.22. The van der Waals surface area contributed by atoms with Crippen LogP contribution in [0.15, 0.2) is 27.7 Å². The van der Waals surface area contributed by atoms with Gasteiger partial charge in [0.1, 0.15) is 5.82 Å². The summed E-state index contributed by atoms with van der Waals surface area (Å²) in [5.41, 5.74) is 5.89. The minimum absolute atomic E-state index is 0.166. The average molecular weight is 298 g/mol. The molecule has 0 fully saturated rings. The van der Waals surface area contributed by atoms with Gasteiger partial charge in [-0.25, -0.2) is 4.98 Å². The highest BCUT2D eigenvalue weighted by Gasteiger charge is 2.11. The smallest absolute Gasteiger partial charge is 0.255 e. The standard InChI is InChI=1S/C9H8BrN5O2/c10-5-1-6(8(11)12-2-5)9(16)13-3-7-14-4-17-15-7/h1-2,4H,3H2,(H2,11,12)(H,13,16). The van der Waals surface area contributed by atoms with Crippen LogP contribution in [0.1, 0.15) is 16.2 Å². The van der Waals surface area contributed by atoms with E-state index in [0.717, 1.165) is 0 Å². The van der Waals surface area contributed by atoms with Crippen molar-refractivity contribution in [2.24, 2.45) is 0 Å². The number of nitrogens with one attached hydrogen (secondary N) is 1. The molecule has 0 bridgehead atoms. The van der Waals surface area contributed by atoms with E-state index in [1.165, 1.54) is 12.6 Å². The molecule has 2 aromatic rings. The molecule has 0 unspecified atom stereocenters. The lowest BCUT2D eigenvalue weighted by Crippen LogP contribution is -2.24. The van der Waals surface area contributed by atoms with Crippen LogP contribution in [0.4, 0.5) is 5.82 Å². The Morgan fingerprint density at radius 1 is 1.53 bits per heavy atom. The van der Waals surface area contributed by atoms with E-state index in [-0.39, 0.29) is 18.3 Å². The van der Waals surface area contributed by atoms with Crippen LogP contribution in [0.2, 0.25) is 0 Å². The van der Waals surface area contributed by atoms with Gasteiger partial charge in [0, 0.05) is 10.7 Å². The average Bonchev–Trinajstić information content (AvgIpc) is 2.82. The molecule has 0 aliphatic carbocycles. The molecule has 1 amide bonds. The molecule has 2 rings (SSSR count). The van der Waals surface area contributed by atoms with Crippen LogP contribution >= 0.6 is 15.9 Å². The zero-order valence-electron chi connectivity index (χ0n) is 8.55. The van der Waals surface area contributed by atoms with Crippen molar-refractivity contribution in [1.82, 2.24) is 20.4 Å². The number of nitrogen functional groups attached to an aromatic ring is 1. The first-order valence-electron chi connectivity index (χ1n) is 4.61. The summed E-state index contributed by atoms with van der Waals surface area (Å²) in [7, 11) is 0. The Morgan fingerprint density at radius 2 is 2.35 bits per heavy atom. The van der Waals surface area contributed by atoms with E-state index in [2.05, 4.69) is 40.9 Å². The van der Waals surface area contributed by atoms with Gasteiger partial charge in [-0.15, -0.1) is 0 Å². The topological polar surface area (TPSA) is 107 Å². The van der Waals surface area contributed by atoms with Gasteiger partial charge >= 0.3 is 0 Å². The van der Waals surface area contributed by atoms with E-state index in [9.17, 15) is 4.79 Å². The number of hydrogen-bond donors (Lipinski definition) is 2. The Balaban J connectivity index is 2.07. The molecule has 0 atom stereocenters. The van der Waals surface area contributed by atoms with E-state index in [1.807, 2.05) is 0 Å². The van der Waals surface area contributed by atoms with Crippen LogP contribution in [0.25, 0.3) is 0 Å². The Hall–Kier alpha value is -1.96. The van der Waals surface area contributed by atoms with Crippen LogP contribution < -0.4 is 11.1 Å². The molecule has 88 valence electrons. The highest BCUT2D eigenvalue weighted by molar-refractivity contribution is 9.10. The van der Waals surface area contributed by atoms with Crippen molar-refractivity contribution in [1.29, 1.82) is 0 Å². The molecule has 3 N–H and O–H groups in total. The normalized spacial score (nSPS) is 10.2. The number of anilines is 1. The fourth-order valence-electron chi connectivity index (χ4n) is 1.16. The number of carbonyl (C=O) groups is 1. The van der Waals surface area contributed by atoms with Gasteiger partial charge in [-0.3, -0.25) is 4.79 Å². The molecular weight excluding hydrogens is 290 g/mol. The maximum atomic E-state index is 11.8. The van der Waals surface area contributed by atoms with Crippen molar-refractivity contribution in [2.75, 3.05) is 5.73 Å². The number of nitrogens with two attached hydrogens (primary N) is 1. The second-order valence-corrected chi connectivity index (χ2v) is 4.03. The first kappa shape index (κ1) is 11.5. The van der Waals surface area contributed by atoms with Crippen LogP contribution in [-0.4, -0.2) is 21.0 Å². The summed E-state index contributed by atoms with van der Waals surface area (Å²) in [4.78, 5) is 19.4. The molecule has 0 saturated heterocycles. The fraction of sp³-hybridized carbons (Fsp3) is 0.111. The summed E-state index contributed by atoms with van der Waals surface area (Å²) in [6.07, 6.45) is 2.71. The van der Waals surface area contributed by atoms with Gasteiger partial charge < -0.3 is 15.6 Å². The third-order valence-corrected chi connectivity index (χ3v) is 2.38. The third kappa shape index (κ3) is 2.78. The van der Waals surface area contributed by atoms with E-state index < -0.39 is 0 Å². The highest BCUT2D eigenvalue weighted by atomic mass is 79.9. The molecule has 0 aromatic carbocycles. The monoisotopic (exact) mass is 297 g/mol. The first-order valence-corrected chi connectivity index (χ1v) is 5.40. The minimum Gasteiger partial charge on any atom is -0.383 e. The Bertz CT molecular complexity index is 528. The molecule has 2 heterocycles. The minimum atomic E-state index is -0.346. The molecule has 0 spiro atoms. The molecule has 0 saturated carbocycles. The van der Waals surface area contributed by atoms with Gasteiger partial charge in [0.25, 0.3) is 5.91 Å². The van der Waals surface area contributed by atoms with Crippen LogP contribution in [0.3, 0.4) is 0 Å². The zero-order valence-corrected chi connectivity index (χ0v) is 10.1. The maximum Gasteiger partial charge on any atom is 0.255 e. The zero-order chi connectivity index (χ0) is 12.3. The quantitative estimate of drug-likeness (QED) is 0.865. The van der Waals surface area contributed by atoms with Crippen molar-refractivity contribution in [3.05, 3.63) is 34.5 Å². The number of carbonyl (C=O) groups excluding carboxylic acids is 1. The van der Waals surface area contributed by atoms with Crippen molar-refractivity contribution in [2.45, 2.75) is 6.54 Å². The summed E-state index contributed by atoms with van der Waals surface area (Å²) in [5, 5.41) is 6.17. The lowest BCUT2D eigenvalue weighted by Gasteiger charge is -2.05. The predicted octanol–water partition coefficient (Wildman–Crippen LogP) is 0.739. The number of halogens is 1. The molecule has 2 aromatic heterocycles. The molecule has 8 heteroatoms. The second kappa shape index (κ2) is 4.91. The molecule has 7 nitrogen and oxygen atoms in total. The van der Waals surface area contributed by atoms with Crippen molar-refractivity contribution in [3.63, 3.8) is 0 Å². The summed E-state index contributed by atoms with van der Waals surface area (Å²) in [6.45, 7) is 0.168. The number of amides is 1. The number of aromatic nitrogens is 3. The third-order valence-electron chi connectivity index (χ3n) is 1.94. The Morgan fingerprint density at radius 3 is 3.06 bits per heavy atom. The van der Waals surface area contributed by atoms with Gasteiger partial charge in [0.2, 0.25) is 6.39 Å². The van der Waals surface area contributed by atoms with Crippen LogP contribution in [0.5, 0.6) is 0 Å². The largest absolute Gasteiger partial charge is 0.383 e. The van der Waals surface area contributed by atoms with E-state index in [4.69, 9.17) is 5.73 Å². The Labute approximate surface area is 105 Å². The van der Waals surface area contributed by atoms with Gasteiger partial charge in [0.15, 0.2) is 5.82 Å². The second-order valence-electron chi connectivity index (χ2n) is 3.12. The molecule has 0 aliphatic heterocycles. The summed E-state index contributed by atoms with van der Waals surface area (Å²) >= 11 is 3.22. The summed E-state index contributed by atoms with van der Waals surface area (Å²) in [6, 6.07) is 1.59. The van der Waals surface area contributed by atoms with Crippen molar-refractivity contribution >= 4 is 27.7 Å². The number of nitrogens with zero attached hydrogens (tertiary/aromatic N) is 3. The number of hydrogen-bond acceptors (Lipinski definition) is 6. The Kier molecular flexibility index (Phi) is 3.33. The lowest BCUT2D eigenvalue weighted by atomic mass is 10.2. The molecule has 0 aliphatic rings. The summed E-state index contributed by atoms with van der Waals surface area (Å²) in [5.74, 6) is 0.208. The highest BCUT2D eigenvalue weighted by Crippen LogP contribution is 2.15. The van der Waals surface area contributed by atoms with Gasteiger partial charge in [-0.1, -0.05) is 5.16 Å². The first-order chi connectivity index (χ1) is 8.16. The van der Waals surface area contributed by atoms with E-state index in [0.29, 0.717) is 15.9 Å². The van der Waals surface area contributed by atoms with E-state index in [1.54, 1.807) is 6.07 Å². The predicted molar refractivity (Wildman–Crippen MR) is 61.8 cm³/mol. The van der Waals surface area contributed by atoms with Crippen molar-refractivity contribution < 1.29 is 9.32 Å². The lowest BCUT2D eigenvalue weighted by molar-refractivity contribution is 0.0950. The van der Waals surface area contributed by atoms with Gasteiger partial charge in [-0.05, 0) is 22.0 Å². The molecular formula is C9H8BrN5O2. The van der Waals surface area contributed by atoms with Gasteiger partial charge in [-0.2, -0.15) is 4.98 Å². The number of pyridine rings is 1. The van der Waals surface area contributed by atoms with E-state index >= 15 is 0 Å². The number of rotatable bonds is 3. The van der Waals surface area contributed by atoms with Gasteiger partial charge in [0.05, 0.1) is 12.1 Å². The molecule has 0 radical (unpaired) electrons. The van der Waals surface area contributed by atoms with Crippen molar-refractivity contribution in [3.8, 4) is 0 Å². The van der Waals surface area contributed by atoms with Crippen LogP contribution in [-0.2, 0) is 6.54 Å². The fourth-order valence-corrected chi connectivity index (χ4v) is 1.49. The van der Waals surface area contributed by atoms with Crippen LogP contribution in [0, 0.1) is 0 Å². The molecule has 17 heavy (non-hydrogen) atoms.